The predicted molar refractivity (Wildman–Crippen MR) is 68.9 cm³/mol. The summed E-state index contributed by atoms with van der Waals surface area (Å²) in [7, 11) is 0. The highest BCUT2D eigenvalue weighted by Gasteiger charge is 2.60. The number of hydrogen-bond acceptors (Lipinski definition) is 1. The van der Waals surface area contributed by atoms with E-state index in [1.807, 2.05) is 0 Å². The van der Waals surface area contributed by atoms with Gasteiger partial charge in [-0.1, -0.05) is 39.0 Å². The summed E-state index contributed by atoms with van der Waals surface area (Å²) in [6.45, 7) is 1.89. The fourth-order valence-corrected chi connectivity index (χ4v) is 3.09. The van der Waals surface area contributed by atoms with Gasteiger partial charge in [-0.05, 0) is 25.3 Å². The minimum atomic E-state index is -5.27. The third-order valence-electron chi connectivity index (χ3n) is 4.08. The van der Waals surface area contributed by atoms with Crippen LogP contribution in [0.3, 0.4) is 0 Å². The van der Waals surface area contributed by atoms with Gasteiger partial charge in [-0.3, -0.25) is 0 Å². The lowest BCUT2D eigenvalue weighted by molar-refractivity contribution is -0.292. The molecule has 0 heterocycles. The van der Waals surface area contributed by atoms with Crippen LogP contribution in [-0.4, -0.2) is 24.9 Å². The lowest BCUT2D eigenvalue weighted by Crippen LogP contribution is -2.52. The molecule has 1 atom stereocenters. The summed E-state index contributed by atoms with van der Waals surface area (Å²) in [6, 6.07) is -1.58. The predicted octanol–water partition coefficient (Wildman–Crippen LogP) is 5.07. The average molecular weight is 319 g/mol. The molecule has 1 saturated carbocycles. The summed E-state index contributed by atoms with van der Waals surface area (Å²) >= 11 is 0. The highest BCUT2D eigenvalue weighted by atomic mass is 19.4. The largest absolute Gasteiger partial charge is 0.401 e. The van der Waals surface area contributed by atoms with Gasteiger partial charge < -0.3 is 5.32 Å². The first-order valence-electron chi connectivity index (χ1n) is 7.53. The molecule has 21 heavy (non-hydrogen) atoms. The maximum absolute atomic E-state index is 12.9. The minimum absolute atomic E-state index is 0.0414. The Morgan fingerprint density at radius 3 is 1.90 bits per heavy atom. The van der Waals surface area contributed by atoms with Crippen molar-refractivity contribution in [3.8, 4) is 0 Å². The smallest absolute Gasteiger partial charge is 0.313 e. The van der Waals surface area contributed by atoms with E-state index in [-0.39, 0.29) is 18.9 Å². The second kappa shape index (κ2) is 7.70. The van der Waals surface area contributed by atoms with Crippen LogP contribution in [0.5, 0.6) is 0 Å². The SMILES string of the molecule is CCCNC(CC1CCCCC1)C(C(F)(F)F)C(F)(F)F. The van der Waals surface area contributed by atoms with Crippen LogP contribution in [0, 0.1) is 11.8 Å². The lowest BCUT2D eigenvalue weighted by Gasteiger charge is -2.34. The van der Waals surface area contributed by atoms with Gasteiger partial charge in [-0.15, -0.1) is 0 Å². The molecule has 1 rings (SSSR count). The molecule has 0 spiro atoms. The Kier molecular flexibility index (Phi) is 6.81. The molecule has 0 radical (unpaired) electrons. The monoisotopic (exact) mass is 319 g/mol. The van der Waals surface area contributed by atoms with Crippen molar-refractivity contribution < 1.29 is 26.3 Å². The van der Waals surface area contributed by atoms with E-state index < -0.39 is 24.3 Å². The Hall–Kier alpha value is -0.460. The van der Waals surface area contributed by atoms with E-state index in [4.69, 9.17) is 0 Å². The van der Waals surface area contributed by atoms with Gasteiger partial charge in [0.15, 0.2) is 5.92 Å². The van der Waals surface area contributed by atoms with Gasteiger partial charge in [0.1, 0.15) is 0 Å². The Balaban J connectivity index is 2.85. The normalized spacial score (nSPS) is 20.0. The molecule has 0 amide bonds. The highest BCUT2D eigenvalue weighted by molar-refractivity contribution is 4.89. The van der Waals surface area contributed by atoms with Crippen LogP contribution in [0.4, 0.5) is 26.3 Å². The van der Waals surface area contributed by atoms with Gasteiger partial charge in [0.2, 0.25) is 0 Å². The van der Waals surface area contributed by atoms with E-state index in [0.29, 0.717) is 6.42 Å². The standard InChI is InChI=1S/C14H23F6N/c1-2-8-21-11(9-10-6-4-3-5-7-10)12(13(15,16)17)14(18,19)20/h10-12,21H,2-9H2,1H3. The molecule has 0 aliphatic heterocycles. The zero-order valence-electron chi connectivity index (χ0n) is 12.2. The van der Waals surface area contributed by atoms with Crippen molar-refractivity contribution in [3.05, 3.63) is 0 Å². The second-order valence-electron chi connectivity index (χ2n) is 5.86. The van der Waals surface area contributed by atoms with Gasteiger partial charge in [0.05, 0.1) is 0 Å². The fourth-order valence-electron chi connectivity index (χ4n) is 3.09. The Bertz CT molecular complexity index is 279. The summed E-state index contributed by atoms with van der Waals surface area (Å²) in [5, 5.41) is 2.49. The molecule has 0 aromatic rings. The van der Waals surface area contributed by atoms with Crippen LogP contribution < -0.4 is 5.32 Å². The van der Waals surface area contributed by atoms with E-state index in [1.165, 1.54) is 0 Å². The van der Waals surface area contributed by atoms with Gasteiger partial charge in [-0.25, -0.2) is 0 Å². The highest BCUT2D eigenvalue weighted by Crippen LogP contribution is 2.43. The number of halogens is 6. The van der Waals surface area contributed by atoms with Crippen molar-refractivity contribution in [2.75, 3.05) is 6.54 Å². The first-order chi connectivity index (χ1) is 9.66. The summed E-state index contributed by atoms with van der Waals surface area (Å²) in [6.07, 6.45) is -5.81. The van der Waals surface area contributed by atoms with Crippen molar-refractivity contribution in [2.45, 2.75) is 70.3 Å². The molecule has 1 N–H and O–H groups in total. The van der Waals surface area contributed by atoms with Crippen molar-refractivity contribution >= 4 is 0 Å². The number of rotatable bonds is 6. The molecule has 0 bridgehead atoms. The average Bonchev–Trinajstić information content (AvgIpc) is 2.33. The molecular weight excluding hydrogens is 296 g/mol. The number of nitrogens with one attached hydrogen (secondary N) is 1. The maximum atomic E-state index is 12.9. The maximum Gasteiger partial charge on any atom is 0.401 e. The van der Waals surface area contributed by atoms with Crippen molar-refractivity contribution in [1.82, 2.24) is 5.32 Å². The molecule has 1 aliphatic carbocycles. The molecule has 0 aromatic carbocycles. The molecule has 1 nitrogen and oxygen atoms in total. The molecule has 1 unspecified atom stereocenters. The lowest BCUT2D eigenvalue weighted by atomic mass is 9.81. The number of hydrogen-bond donors (Lipinski definition) is 1. The van der Waals surface area contributed by atoms with Gasteiger partial charge in [-0.2, -0.15) is 26.3 Å². The second-order valence-corrected chi connectivity index (χ2v) is 5.86. The van der Waals surface area contributed by atoms with Crippen LogP contribution >= 0.6 is 0 Å². The van der Waals surface area contributed by atoms with Gasteiger partial charge >= 0.3 is 12.4 Å². The van der Waals surface area contributed by atoms with Crippen LogP contribution in [-0.2, 0) is 0 Å². The topological polar surface area (TPSA) is 12.0 Å². The Morgan fingerprint density at radius 1 is 0.952 bits per heavy atom. The zero-order valence-corrected chi connectivity index (χ0v) is 12.2. The molecule has 7 heteroatoms. The molecular formula is C14H23F6N. The molecule has 0 saturated heterocycles. The summed E-state index contributed by atoms with van der Waals surface area (Å²) in [4.78, 5) is 0. The van der Waals surface area contributed by atoms with Crippen molar-refractivity contribution in [1.29, 1.82) is 0 Å². The van der Waals surface area contributed by atoms with Crippen LogP contribution in [0.25, 0.3) is 0 Å². The fraction of sp³-hybridized carbons (Fsp3) is 1.00. The van der Waals surface area contributed by atoms with E-state index in [9.17, 15) is 26.3 Å². The van der Waals surface area contributed by atoms with E-state index in [0.717, 1.165) is 32.1 Å². The first-order valence-corrected chi connectivity index (χ1v) is 7.53. The molecule has 126 valence electrons. The van der Waals surface area contributed by atoms with Crippen molar-refractivity contribution in [2.24, 2.45) is 11.8 Å². The summed E-state index contributed by atoms with van der Waals surface area (Å²) in [5.41, 5.74) is 0. The first kappa shape index (κ1) is 18.6. The molecule has 1 fully saturated rings. The number of alkyl halides is 6. The van der Waals surface area contributed by atoms with Crippen LogP contribution in [0.15, 0.2) is 0 Å². The van der Waals surface area contributed by atoms with Crippen LogP contribution in [0.2, 0.25) is 0 Å². The quantitative estimate of drug-likeness (QED) is 0.674. The molecule has 0 aromatic heterocycles. The van der Waals surface area contributed by atoms with E-state index in [2.05, 4.69) is 5.32 Å². The Labute approximate surface area is 121 Å². The molecule has 1 aliphatic rings. The van der Waals surface area contributed by atoms with Crippen LogP contribution in [0.1, 0.15) is 51.9 Å². The third-order valence-corrected chi connectivity index (χ3v) is 4.08. The summed E-state index contributed by atoms with van der Waals surface area (Å²) < 4.78 is 77.3. The summed E-state index contributed by atoms with van der Waals surface area (Å²) in [5.74, 6) is -3.32. The van der Waals surface area contributed by atoms with Crippen molar-refractivity contribution in [3.63, 3.8) is 0 Å². The zero-order chi connectivity index (χ0) is 16.1. The van der Waals surface area contributed by atoms with E-state index >= 15 is 0 Å². The third kappa shape index (κ3) is 6.04. The minimum Gasteiger partial charge on any atom is -0.313 e. The van der Waals surface area contributed by atoms with Gasteiger partial charge in [0, 0.05) is 6.04 Å². The van der Waals surface area contributed by atoms with E-state index in [1.54, 1.807) is 6.92 Å². The Morgan fingerprint density at radius 2 is 1.48 bits per heavy atom. The van der Waals surface area contributed by atoms with Gasteiger partial charge in [0.25, 0.3) is 0 Å².